The number of nitrogens with zero attached hydrogens (tertiary/aromatic N) is 1. The van der Waals surface area contributed by atoms with E-state index in [2.05, 4.69) is 4.74 Å². The van der Waals surface area contributed by atoms with Crippen LogP contribution in [-0.4, -0.2) is 42.6 Å². The van der Waals surface area contributed by atoms with Crippen LogP contribution in [0.1, 0.15) is 19.8 Å². The van der Waals surface area contributed by atoms with Gasteiger partial charge in [0.15, 0.2) is 6.23 Å². The molecule has 0 bridgehead atoms. The first kappa shape index (κ1) is 13.2. The van der Waals surface area contributed by atoms with E-state index in [9.17, 15) is 14.4 Å². The predicted octanol–water partition coefficient (Wildman–Crippen LogP) is 0.227. The summed E-state index contributed by atoms with van der Waals surface area (Å²) < 4.78 is 9.38. The van der Waals surface area contributed by atoms with Crippen molar-refractivity contribution in [2.24, 2.45) is 0 Å². The zero-order valence-electron chi connectivity index (χ0n) is 9.84. The highest BCUT2D eigenvalue weighted by Crippen LogP contribution is 2.19. The van der Waals surface area contributed by atoms with Crippen LogP contribution in [-0.2, 0) is 23.9 Å². The Morgan fingerprint density at radius 1 is 1.41 bits per heavy atom. The molecule has 1 rings (SSSR count). The van der Waals surface area contributed by atoms with E-state index >= 15 is 0 Å². The molecule has 0 saturated carbocycles. The van der Waals surface area contributed by atoms with Crippen molar-refractivity contribution in [3.63, 3.8) is 0 Å². The number of hydrogen-bond acceptors (Lipinski definition) is 5. The second-order valence-electron chi connectivity index (χ2n) is 3.47. The van der Waals surface area contributed by atoms with Crippen LogP contribution in [0.5, 0.6) is 0 Å². The van der Waals surface area contributed by atoms with Gasteiger partial charge in [-0.15, -0.1) is 0 Å². The van der Waals surface area contributed by atoms with Crippen molar-refractivity contribution in [1.82, 2.24) is 4.90 Å². The highest BCUT2D eigenvalue weighted by molar-refractivity contribution is 5.91. The van der Waals surface area contributed by atoms with Gasteiger partial charge < -0.3 is 14.4 Å². The molecule has 0 aliphatic carbocycles. The minimum absolute atomic E-state index is 0.0257. The van der Waals surface area contributed by atoms with Gasteiger partial charge in [-0.25, -0.2) is 9.59 Å². The molecular weight excluding hydrogens is 226 g/mol. The average Bonchev–Trinajstić information content (AvgIpc) is 2.66. The summed E-state index contributed by atoms with van der Waals surface area (Å²) in [4.78, 5) is 34.9. The van der Waals surface area contributed by atoms with Crippen LogP contribution in [0.15, 0.2) is 12.2 Å². The lowest BCUT2D eigenvalue weighted by atomic mass is 10.3. The molecule has 17 heavy (non-hydrogen) atoms. The van der Waals surface area contributed by atoms with Crippen LogP contribution < -0.4 is 0 Å². The van der Waals surface area contributed by atoms with Crippen LogP contribution in [0.4, 0.5) is 0 Å². The maximum Gasteiger partial charge on any atom is 0.332 e. The second kappa shape index (κ2) is 6.03. The van der Waals surface area contributed by atoms with Crippen LogP contribution in [0.3, 0.4) is 0 Å². The zero-order valence-corrected chi connectivity index (χ0v) is 9.84. The van der Waals surface area contributed by atoms with Crippen molar-refractivity contribution in [1.29, 1.82) is 0 Å². The van der Waals surface area contributed by atoms with E-state index < -0.39 is 18.2 Å². The molecule has 1 atom stereocenters. The van der Waals surface area contributed by atoms with Crippen LogP contribution >= 0.6 is 0 Å². The van der Waals surface area contributed by atoms with Gasteiger partial charge in [0.1, 0.15) is 0 Å². The molecule has 1 aliphatic rings. The van der Waals surface area contributed by atoms with E-state index in [1.165, 1.54) is 12.0 Å². The highest BCUT2D eigenvalue weighted by atomic mass is 16.6. The fraction of sp³-hybridized carbons (Fsp3) is 0.545. The monoisotopic (exact) mass is 241 g/mol. The van der Waals surface area contributed by atoms with Gasteiger partial charge in [0.2, 0.25) is 5.91 Å². The second-order valence-corrected chi connectivity index (χ2v) is 3.47. The SMILES string of the molecule is CCN1C(=O)CCC1OC(=O)/C=C/C(=O)OC. The van der Waals surface area contributed by atoms with Gasteiger partial charge in [0.05, 0.1) is 7.11 Å². The van der Waals surface area contributed by atoms with Gasteiger partial charge in [-0.3, -0.25) is 4.79 Å². The van der Waals surface area contributed by atoms with Gasteiger partial charge >= 0.3 is 11.9 Å². The minimum Gasteiger partial charge on any atom is -0.466 e. The Hall–Kier alpha value is -1.85. The summed E-state index contributed by atoms with van der Waals surface area (Å²) in [5.41, 5.74) is 0. The molecule has 1 saturated heterocycles. The van der Waals surface area contributed by atoms with Crippen molar-refractivity contribution < 1.29 is 23.9 Å². The highest BCUT2D eigenvalue weighted by Gasteiger charge is 2.31. The molecule has 94 valence electrons. The first-order chi connectivity index (χ1) is 8.08. The summed E-state index contributed by atoms with van der Waals surface area (Å²) in [6.45, 7) is 2.31. The molecule has 6 nitrogen and oxygen atoms in total. The number of hydrogen-bond donors (Lipinski definition) is 0. The Bertz CT molecular complexity index is 350. The number of ether oxygens (including phenoxy) is 2. The Kier molecular flexibility index (Phi) is 4.68. The van der Waals surface area contributed by atoms with Crippen molar-refractivity contribution in [3.8, 4) is 0 Å². The van der Waals surface area contributed by atoms with Crippen LogP contribution in [0.25, 0.3) is 0 Å². The molecule has 1 heterocycles. The Labute approximate surface area is 99.2 Å². The van der Waals surface area contributed by atoms with E-state index in [0.29, 0.717) is 19.4 Å². The maximum atomic E-state index is 11.4. The van der Waals surface area contributed by atoms with Crippen molar-refractivity contribution >= 4 is 17.8 Å². The quantitative estimate of drug-likeness (QED) is 0.520. The fourth-order valence-corrected chi connectivity index (χ4v) is 1.59. The summed E-state index contributed by atoms with van der Waals surface area (Å²) in [5.74, 6) is -1.31. The molecule has 0 spiro atoms. The number of rotatable bonds is 4. The number of esters is 2. The third kappa shape index (κ3) is 3.58. The third-order valence-electron chi connectivity index (χ3n) is 2.42. The zero-order chi connectivity index (χ0) is 12.8. The molecular formula is C11H15NO5. The molecule has 0 N–H and O–H groups in total. The number of carbonyl (C=O) groups excluding carboxylic acids is 3. The van der Waals surface area contributed by atoms with Gasteiger partial charge in [0, 0.05) is 31.5 Å². The normalized spacial score (nSPS) is 19.8. The first-order valence-electron chi connectivity index (χ1n) is 5.34. The standard InChI is InChI=1S/C11H15NO5/c1-3-12-8(13)4-5-9(12)17-11(15)7-6-10(14)16-2/h6-7,9H,3-5H2,1-2H3/b7-6+. The molecule has 0 aromatic carbocycles. The molecule has 1 amide bonds. The molecule has 6 heteroatoms. The minimum atomic E-state index is -0.659. The number of amides is 1. The smallest absolute Gasteiger partial charge is 0.332 e. The third-order valence-corrected chi connectivity index (χ3v) is 2.42. The van der Waals surface area contributed by atoms with Crippen LogP contribution in [0.2, 0.25) is 0 Å². The molecule has 0 radical (unpaired) electrons. The average molecular weight is 241 g/mol. The molecule has 0 aromatic rings. The largest absolute Gasteiger partial charge is 0.466 e. The molecule has 1 aliphatic heterocycles. The van der Waals surface area contributed by atoms with Gasteiger partial charge in [0.25, 0.3) is 0 Å². The number of methoxy groups -OCH3 is 1. The Morgan fingerprint density at radius 3 is 2.65 bits per heavy atom. The van der Waals surface area contributed by atoms with Crippen molar-refractivity contribution in [2.45, 2.75) is 26.0 Å². The van der Waals surface area contributed by atoms with Crippen molar-refractivity contribution in [2.75, 3.05) is 13.7 Å². The summed E-state index contributed by atoms with van der Waals surface area (Å²) in [6, 6.07) is 0. The van der Waals surface area contributed by atoms with Gasteiger partial charge in [-0.2, -0.15) is 0 Å². The van der Waals surface area contributed by atoms with Crippen LogP contribution in [0, 0.1) is 0 Å². The Balaban J connectivity index is 2.49. The first-order valence-corrected chi connectivity index (χ1v) is 5.34. The molecule has 1 fully saturated rings. The lowest BCUT2D eigenvalue weighted by Crippen LogP contribution is -2.35. The number of carbonyl (C=O) groups is 3. The summed E-state index contributed by atoms with van der Waals surface area (Å²) in [7, 11) is 1.21. The van der Waals surface area contributed by atoms with E-state index in [1.807, 2.05) is 6.92 Å². The van der Waals surface area contributed by atoms with Crippen molar-refractivity contribution in [3.05, 3.63) is 12.2 Å². The predicted molar refractivity (Wildman–Crippen MR) is 57.7 cm³/mol. The van der Waals surface area contributed by atoms with E-state index in [1.54, 1.807) is 0 Å². The maximum absolute atomic E-state index is 11.4. The van der Waals surface area contributed by atoms with E-state index in [-0.39, 0.29) is 5.91 Å². The van der Waals surface area contributed by atoms with Gasteiger partial charge in [-0.05, 0) is 6.92 Å². The van der Waals surface area contributed by atoms with Gasteiger partial charge in [-0.1, -0.05) is 0 Å². The topological polar surface area (TPSA) is 72.9 Å². The lowest BCUT2D eigenvalue weighted by Gasteiger charge is -2.22. The summed E-state index contributed by atoms with van der Waals surface area (Å²) in [5, 5.41) is 0. The number of likely N-dealkylation sites (tertiary alicyclic amines) is 1. The molecule has 0 aromatic heterocycles. The summed E-state index contributed by atoms with van der Waals surface area (Å²) in [6.07, 6.45) is 2.32. The van der Waals surface area contributed by atoms with E-state index in [4.69, 9.17) is 4.74 Å². The van der Waals surface area contributed by atoms with E-state index in [0.717, 1.165) is 12.2 Å². The fourth-order valence-electron chi connectivity index (χ4n) is 1.59. The summed E-state index contributed by atoms with van der Waals surface area (Å²) >= 11 is 0. The molecule has 1 unspecified atom stereocenters. The Morgan fingerprint density at radius 2 is 2.06 bits per heavy atom. The lowest BCUT2D eigenvalue weighted by molar-refractivity contribution is -0.154.